The Morgan fingerprint density at radius 3 is 2.56 bits per heavy atom. The minimum absolute atomic E-state index is 0. The Labute approximate surface area is 103 Å². The van der Waals surface area contributed by atoms with Crippen LogP contribution in [0.25, 0.3) is 0 Å². The van der Waals surface area contributed by atoms with E-state index in [0.29, 0.717) is 0 Å². The van der Waals surface area contributed by atoms with Crippen molar-refractivity contribution in [2.24, 2.45) is 5.73 Å². The van der Waals surface area contributed by atoms with Gasteiger partial charge in [0, 0.05) is 17.7 Å². The van der Waals surface area contributed by atoms with Gasteiger partial charge in [0.15, 0.2) is 0 Å². The molecule has 0 fully saturated rings. The molecule has 0 aliphatic carbocycles. The summed E-state index contributed by atoms with van der Waals surface area (Å²) in [5.74, 6) is 1.52. The first kappa shape index (κ1) is 14.8. The summed E-state index contributed by atoms with van der Waals surface area (Å²) < 4.78 is 10.4. The molecule has 0 bridgehead atoms. The highest BCUT2D eigenvalue weighted by atomic mass is 35.5. The minimum Gasteiger partial charge on any atom is -0.497 e. The maximum atomic E-state index is 5.98. The maximum absolute atomic E-state index is 5.98. The van der Waals surface area contributed by atoms with Crippen LogP contribution in [0, 0.1) is 0 Å². The van der Waals surface area contributed by atoms with Gasteiger partial charge in [-0.1, -0.05) is 12.1 Å². The molecule has 0 unspecified atom stereocenters. The van der Waals surface area contributed by atoms with E-state index in [-0.39, 0.29) is 18.4 Å². The van der Waals surface area contributed by atoms with Crippen molar-refractivity contribution >= 4 is 12.4 Å². The van der Waals surface area contributed by atoms with Crippen molar-refractivity contribution in [2.75, 3.05) is 14.2 Å². The lowest BCUT2D eigenvalue weighted by Crippen LogP contribution is -2.10. The van der Waals surface area contributed by atoms with Gasteiger partial charge in [0.05, 0.1) is 14.2 Å². The topological polar surface area (TPSA) is 44.5 Å². The summed E-state index contributed by atoms with van der Waals surface area (Å²) >= 11 is 0. The molecule has 0 radical (unpaired) electrons. The van der Waals surface area contributed by atoms with Gasteiger partial charge in [-0.15, -0.1) is 19.0 Å². The number of hydrogen-bond acceptors (Lipinski definition) is 3. The predicted octanol–water partition coefficient (Wildman–Crippen LogP) is 2.70. The lowest BCUT2D eigenvalue weighted by molar-refractivity contribution is 0.388. The summed E-state index contributed by atoms with van der Waals surface area (Å²) in [6.45, 7) is 3.67. The summed E-state index contributed by atoms with van der Waals surface area (Å²) in [5, 5.41) is 0. The number of halogens is 1. The van der Waals surface area contributed by atoms with Crippen molar-refractivity contribution in [3.8, 4) is 11.5 Å². The van der Waals surface area contributed by atoms with Crippen molar-refractivity contribution in [1.82, 2.24) is 0 Å². The zero-order valence-corrected chi connectivity index (χ0v) is 10.4. The minimum atomic E-state index is -0.0802. The van der Waals surface area contributed by atoms with Gasteiger partial charge in [-0.3, -0.25) is 0 Å². The standard InChI is InChI=1S/C12H17NO2.ClH/c1-4-5-11(13)10-7-6-9(14-2)8-12(10)15-3;/h4,6-8,11H,1,5,13H2,2-3H3;1H/t11-;/m1./s1. The largest absolute Gasteiger partial charge is 0.497 e. The molecule has 1 atom stereocenters. The number of rotatable bonds is 5. The fraction of sp³-hybridized carbons (Fsp3) is 0.333. The summed E-state index contributed by atoms with van der Waals surface area (Å²) in [7, 11) is 3.25. The Hall–Kier alpha value is -1.19. The molecule has 1 aromatic carbocycles. The average Bonchev–Trinajstić information content (AvgIpc) is 2.28. The normalized spacial score (nSPS) is 11.2. The molecule has 1 rings (SSSR count). The Morgan fingerprint density at radius 1 is 1.38 bits per heavy atom. The van der Waals surface area contributed by atoms with Crippen LogP contribution < -0.4 is 15.2 Å². The van der Waals surface area contributed by atoms with E-state index in [1.54, 1.807) is 20.3 Å². The molecule has 16 heavy (non-hydrogen) atoms. The van der Waals surface area contributed by atoms with Crippen molar-refractivity contribution in [3.63, 3.8) is 0 Å². The van der Waals surface area contributed by atoms with Crippen LogP contribution in [-0.2, 0) is 0 Å². The molecule has 0 amide bonds. The Bertz CT molecular complexity index is 342. The van der Waals surface area contributed by atoms with Crippen LogP contribution in [0.3, 0.4) is 0 Å². The molecule has 0 heterocycles. The molecular formula is C12H18ClNO2. The fourth-order valence-electron chi connectivity index (χ4n) is 1.43. The van der Waals surface area contributed by atoms with E-state index in [4.69, 9.17) is 15.2 Å². The quantitative estimate of drug-likeness (QED) is 0.809. The van der Waals surface area contributed by atoms with Crippen molar-refractivity contribution in [1.29, 1.82) is 0 Å². The van der Waals surface area contributed by atoms with Gasteiger partial charge in [0.2, 0.25) is 0 Å². The second kappa shape index (κ2) is 7.14. The van der Waals surface area contributed by atoms with Crippen LogP contribution in [0.5, 0.6) is 11.5 Å². The molecule has 4 heteroatoms. The van der Waals surface area contributed by atoms with Crippen LogP contribution in [0.15, 0.2) is 30.9 Å². The maximum Gasteiger partial charge on any atom is 0.127 e. The van der Waals surface area contributed by atoms with E-state index in [1.807, 2.05) is 18.2 Å². The van der Waals surface area contributed by atoms with Crippen LogP contribution in [0.2, 0.25) is 0 Å². The summed E-state index contributed by atoms with van der Waals surface area (Å²) in [6.07, 6.45) is 2.52. The first-order chi connectivity index (χ1) is 7.22. The molecule has 0 aliphatic rings. The first-order valence-corrected chi connectivity index (χ1v) is 4.81. The van der Waals surface area contributed by atoms with Gasteiger partial charge >= 0.3 is 0 Å². The van der Waals surface area contributed by atoms with Crippen molar-refractivity contribution in [2.45, 2.75) is 12.5 Å². The summed E-state index contributed by atoms with van der Waals surface area (Å²) in [4.78, 5) is 0. The average molecular weight is 244 g/mol. The van der Waals surface area contributed by atoms with Gasteiger partial charge in [0.25, 0.3) is 0 Å². The van der Waals surface area contributed by atoms with Crippen molar-refractivity contribution in [3.05, 3.63) is 36.4 Å². The molecular weight excluding hydrogens is 226 g/mol. The third kappa shape index (κ3) is 3.43. The van der Waals surface area contributed by atoms with E-state index in [9.17, 15) is 0 Å². The Morgan fingerprint density at radius 2 is 2.06 bits per heavy atom. The molecule has 0 aliphatic heterocycles. The second-order valence-corrected chi connectivity index (χ2v) is 3.24. The highest BCUT2D eigenvalue weighted by molar-refractivity contribution is 5.85. The molecule has 3 nitrogen and oxygen atoms in total. The van der Waals surface area contributed by atoms with Crippen LogP contribution in [-0.4, -0.2) is 14.2 Å². The number of hydrogen-bond donors (Lipinski definition) is 1. The third-order valence-corrected chi connectivity index (χ3v) is 2.26. The number of ether oxygens (including phenoxy) is 2. The zero-order chi connectivity index (χ0) is 11.3. The Kier molecular flexibility index (Phi) is 6.61. The van der Waals surface area contributed by atoms with Crippen LogP contribution >= 0.6 is 12.4 Å². The monoisotopic (exact) mass is 243 g/mol. The molecule has 0 aromatic heterocycles. The van der Waals surface area contributed by atoms with Crippen LogP contribution in [0.4, 0.5) is 0 Å². The molecule has 1 aromatic rings. The molecule has 0 spiro atoms. The Balaban J connectivity index is 0.00000225. The molecule has 0 saturated heterocycles. The van der Waals surface area contributed by atoms with E-state index in [0.717, 1.165) is 23.5 Å². The highest BCUT2D eigenvalue weighted by Crippen LogP contribution is 2.29. The smallest absolute Gasteiger partial charge is 0.127 e. The number of methoxy groups -OCH3 is 2. The van der Waals surface area contributed by atoms with E-state index >= 15 is 0 Å². The predicted molar refractivity (Wildman–Crippen MR) is 68.5 cm³/mol. The third-order valence-electron chi connectivity index (χ3n) is 2.26. The fourth-order valence-corrected chi connectivity index (χ4v) is 1.43. The number of benzene rings is 1. The van der Waals surface area contributed by atoms with E-state index in [1.165, 1.54) is 0 Å². The molecule has 2 N–H and O–H groups in total. The zero-order valence-electron chi connectivity index (χ0n) is 9.60. The van der Waals surface area contributed by atoms with Gasteiger partial charge in [-0.25, -0.2) is 0 Å². The first-order valence-electron chi connectivity index (χ1n) is 4.81. The lowest BCUT2D eigenvalue weighted by Gasteiger charge is -2.15. The van der Waals surface area contributed by atoms with Gasteiger partial charge in [-0.2, -0.15) is 0 Å². The van der Waals surface area contributed by atoms with Gasteiger partial charge in [-0.05, 0) is 12.5 Å². The highest BCUT2D eigenvalue weighted by Gasteiger charge is 2.11. The van der Waals surface area contributed by atoms with Gasteiger partial charge < -0.3 is 15.2 Å². The summed E-state index contributed by atoms with van der Waals surface area (Å²) in [5.41, 5.74) is 6.95. The van der Waals surface area contributed by atoms with Gasteiger partial charge in [0.1, 0.15) is 11.5 Å². The van der Waals surface area contributed by atoms with Crippen molar-refractivity contribution < 1.29 is 9.47 Å². The summed E-state index contributed by atoms with van der Waals surface area (Å²) in [6, 6.07) is 5.55. The molecule has 90 valence electrons. The van der Waals surface area contributed by atoms with Crippen LogP contribution in [0.1, 0.15) is 18.0 Å². The SMILES string of the molecule is C=CC[C@@H](N)c1ccc(OC)cc1OC.Cl. The molecule has 0 saturated carbocycles. The van der Waals surface area contributed by atoms with E-state index in [2.05, 4.69) is 6.58 Å². The lowest BCUT2D eigenvalue weighted by atomic mass is 10.0. The number of nitrogens with two attached hydrogens (primary N) is 1. The second-order valence-electron chi connectivity index (χ2n) is 3.24. The van der Waals surface area contributed by atoms with E-state index < -0.39 is 0 Å².